The molecule has 1 N–H and O–H groups in total. The number of benzene rings is 1. The topological polar surface area (TPSA) is 29.9 Å². The second kappa shape index (κ2) is 6.23. The molecule has 1 aliphatic rings. The van der Waals surface area contributed by atoms with Crippen molar-refractivity contribution in [3.63, 3.8) is 0 Å². The molecule has 3 nitrogen and oxygen atoms in total. The Morgan fingerprint density at radius 1 is 1.15 bits per heavy atom. The Morgan fingerprint density at radius 2 is 1.90 bits per heavy atom. The average molecular weight is 269 g/mol. The largest absolute Gasteiger partial charge is 0.337 e. The van der Waals surface area contributed by atoms with E-state index in [0.29, 0.717) is 6.04 Å². The van der Waals surface area contributed by atoms with Crippen LogP contribution in [0, 0.1) is 0 Å². The summed E-state index contributed by atoms with van der Waals surface area (Å²) in [4.78, 5) is 4.36. The fraction of sp³-hybridized carbons (Fsp3) is 0.471. The van der Waals surface area contributed by atoms with E-state index in [2.05, 4.69) is 52.2 Å². The van der Waals surface area contributed by atoms with Crippen LogP contribution in [-0.4, -0.2) is 15.6 Å². The molecule has 3 heteroatoms. The van der Waals surface area contributed by atoms with Gasteiger partial charge in [-0.3, -0.25) is 0 Å². The van der Waals surface area contributed by atoms with E-state index in [1.54, 1.807) is 0 Å². The van der Waals surface area contributed by atoms with Crippen LogP contribution in [0.4, 0.5) is 0 Å². The Morgan fingerprint density at radius 3 is 2.55 bits per heavy atom. The molecule has 1 saturated carbocycles. The van der Waals surface area contributed by atoms with Crippen LogP contribution in [0.25, 0.3) is 0 Å². The highest BCUT2D eigenvalue weighted by molar-refractivity contribution is 5.20. The lowest BCUT2D eigenvalue weighted by Crippen LogP contribution is -2.33. The van der Waals surface area contributed by atoms with Gasteiger partial charge in [0.1, 0.15) is 5.82 Å². The van der Waals surface area contributed by atoms with Gasteiger partial charge in [0.15, 0.2) is 0 Å². The Bertz CT molecular complexity index is 524. The maximum Gasteiger partial charge on any atom is 0.122 e. The Labute approximate surface area is 121 Å². The summed E-state index contributed by atoms with van der Waals surface area (Å²) < 4.78 is 2.09. The normalized spacial score (nSPS) is 22.9. The van der Waals surface area contributed by atoms with Crippen molar-refractivity contribution in [1.82, 2.24) is 14.9 Å². The van der Waals surface area contributed by atoms with Crippen LogP contribution in [0.2, 0.25) is 0 Å². The van der Waals surface area contributed by atoms with Crippen LogP contribution < -0.4 is 5.32 Å². The molecule has 0 aliphatic heterocycles. The number of aryl methyl sites for hydroxylation is 1. The molecule has 1 aliphatic carbocycles. The monoisotopic (exact) mass is 269 g/mol. The van der Waals surface area contributed by atoms with Gasteiger partial charge in [0, 0.05) is 25.5 Å². The van der Waals surface area contributed by atoms with Gasteiger partial charge in [-0.1, -0.05) is 30.3 Å². The van der Waals surface area contributed by atoms with Crippen molar-refractivity contribution < 1.29 is 0 Å². The highest BCUT2D eigenvalue weighted by Crippen LogP contribution is 2.32. The molecular weight excluding hydrogens is 246 g/mol. The first-order valence-electron chi connectivity index (χ1n) is 7.57. The predicted molar refractivity (Wildman–Crippen MR) is 81.5 cm³/mol. The zero-order valence-electron chi connectivity index (χ0n) is 12.1. The van der Waals surface area contributed by atoms with E-state index in [0.717, 1.165) is 18.3 Å². The molecule has 1 aromatic carbocycles. The maximum atomic E-state index is 4.36. The molecule has 20 heavy (non-hydrogen) atoms. The third-order valence-corrected chi connectivity index (χ3v) is 4.47. The van der Waals surface area contributed by atoms with Gasteiger partial charge in [-0.05, 0) is 37.2 Å². The molecule has 0 saturated heterocycles. The molecule has 1 heterocycles. The highest BCUT2D eigenvalue weighted by Gasteiger charge is 2.21. The quantitative estimate of drug-likeness (QED) is 0.923. The number of imidazole rings is 1. The fourth-order valence-electron chi connectivity index (χ4n) is 3.16. The van der Waals surface area contributed by atoms with Crippen LogP contribution in [0.5, 0.6) is 0 Å². The van der Waals surface area contributed by atoms with Gasteiger partial charge in [-0.2, -0.15) is 0 Å². The molecular formula is C17H23N3. The van der Waals surface area contributed by atoms with Crippen molar-refractivity contribution >= 4 is 0 Å². The lowest BCUT2D eigenvalue weighted by Gasteiger charge is -2.29. The molecule has 1 fully saturated rings. The van der Waals surface area contributed by atoms with E-state index in [1.165, 1.54) is 31.2 Å². The lowest BCUT2D eigenvalue weighted by molar-refractivity contribution is 0.338. The minimum absolute atomic E-state index is 0.645. The summed E-state index contributed by atoms with van der Waals surface area (Å²) in [6.07, 6.45) is 8.99. The molecule has 0 unspecified atom stereocenters. The van der Waals surface area contributed by atoms with Gasteiger partial charge in [0.2, 0.25) is 0 Å². The minimum atomic E-state index is 0.645. The summed E-state index contributed by atoms with van der Waals surface area (Å²) in [6, 6.07) is 11.6. The molecule has 0 bridgehead atoms. The molecule has 2 aromatic rings. The Balaban J connectivity index is 1.48. The zero-order chi connectivity index (χ0) is 13.8. The summed E-state index contributed by atoms with van der Waals surface area (Å²) in [5.74, 6) is 1.87. The third kappa shape index (κ3) is 3.10. The van der Waals surface area contributed by atoms with E-state index >= 15 is 0 Å². The second-order valence-corrected chi connectivity index (χ2v) is 5.79. The predicted octanol–water partition coefficient (Wildman–Crippen LogP) is 3.24. The second-order valence-electron chi connectivity index (χ2n) is 5.79. The van der Waals surface area contributed by atoms with E-state index in [9.17, 15) is 0 Å². The van der Waals surface area contributed by atoms with Crippen LogP contribution >= 0.6 is 0 Å². The average Bonchev–Trinajstić information content (AvgIpc) is 2.92. The van der Waals surface area contributed by atoms with Gasteiger partial charge in [-0.25, -0.2) is 4.98 Å². The number of nitrogens with zero attached hydrogens (tertiary/aromatic N) is 2. The van der Waals surface area contributed by atoms with Crippen molar-refractivity contribution in [2.75, 3.05) is 0 Å². The van der Waals surface area contributed by atoms with Crippen molar-refractivity contribution in [3.8, 4) is 0 Å². The third-order valence-electron chi connectivity index (χ3n) is 4.47. The van der Waals surface area contributed by atoms with Gasteiger partial charge >= 0.3 is 0 Å². The minimum Gasteiger partial charge on any atom is -0.337 e. The molecule has 0 atom stereocenters. The van der Waals surface area contributed by atoms with Gasteiger partial charge in [-0.15, -0.1) is 0 Å². The number of rotatable bonds is 4. The summed E-state index contributed by atoms with van der Waals surface area (Å²) in [6.45, 7) is 0.879. The molecule has 106 valence electrons. The summed E-state index contributed by atoms with van der Waals surface area (Å²) in [5, 5.41) is 3.65. The van der Waals surface area contributed by atoms with Crippen molar-refractivity contribution in [1.29, 1.82) is 0 Å². The maximum absolute atomic E-state index is 4.36. The molecule has 0 spiro atoms. The van der Waals surface area contributed by atoms with Gasteiger partial charge < -0.3 is 9.88 Å². The van der Waals surface area contributed by atoms with Crippen LogP contribution in [0.15, 0.2) is 42.7 Å². The summed E-state index contributed by atoms with van der Waals surface area (Å²) >= 11 is 0. The summed E-state index contributed by atoms with van der Waals surface area (Å²) in [7, 11) is 2.05. The molecule has 0 amide bonds. The van der Waals surface area contributed by atoms with E-state index in [-0.39, 0.29) is 0 Å². The van der Waals surface area contributed by atoms with Crippen LogP contribution in [0.3, 0.4) is 0 Å². The standard InChI is InChI=1S/C17H23N3/c1-20-12-11-18-17(20)13-19-16-9-7-15(8-10-16)14-5-3-2-4-6-14/h2-6,11-12,15-16,19H,7-10,13H2,1H3. The van der Waals surface area contributed by atoms with Gasteiger partial charge in [0.05, 0.1) is 6.54 Å². The number of nitrogens with one attached hydrogen (secondary N) is 1. The SMILES string of the molecule is Cn1ccnc1CNC1CCC(c2ccccc2)CC1. The fourth-order valence-corrected chi connectivity index (χ4v) is 3.16. The van der Waals surface area contributed by atoms with Crippen molar-refractivity contribution in [2.45, 2.75) is 44.2 Å². The first kappa shape index (κ1) is 13.4. The van der Waals surface area contributed by atoms with Crippen LogP contribution in [0.1, 0.15) is 43.0 Å². The molecule has 3 rings (SSSR count). The number of aromatic nitrogens is 2. The molecule has 0 radical (unpaired) electrons. The smallest absolute Gasteiger partial charge is 0.122 e. The van der Waals surface area contributed by atoms with Gasteiger partial charge in [0.25, 0.3) is 0 Å². The number of hydrogen-bond acceptors (Lipinski definition) is 2. The van der Waals surface area contributed by atoms with Crippen LogP contribution in [-0.2, 0) is 13.6 Å². The van der Waals surface area contributed by atoms with Crippen molar-refractivity contribution in [2.24, 2.45) is 7.05 Å². The van der Waals surface area contributed by atoms with Crippen molar-refractivity contribution in [3.05, 3.63) is 54.1 Å². The number of hydrogen-bond donors (Lipinski definition) is 1. The Kier molecular flexibility index (Phi) is 4.16. The lowest BCUT2D eigenvalue weighted by atomic mass is 9.82. The first-order chi connectivity index (χ1) is 9.83. The van der Waals surface area contributed by atoms with E-state index in [1.807, 2.05) is 12.4 Å². The Hall–Kier alpha value is -1.61. The van der Waals surface area contributed by atoms with E-state index < -0.39 is 0 Å². The first-order valence-corrected chi connectivity index (χ1v) is 7.57. The molecule has 1 aromatic heterocycles. The zero-order valence-corrected chi connectivity index (χ0v) is 12.1. The summed E-state index contributed by atoms with van der Waals surface area (Å²) in [5.41, 5.74) is 1.51. The highest BCUT2D eigenvalue weighted by atomic mass is 15.1. The van der Waals surface area contributed by atoms with E-state index in [4.69, 9.17) is 0 Å².